The number of hydrogen-bond donors (Lipinski definition) is 3. The Morgan fingerprint density at radius 2 is 1.70 bits per heavy atom. The van der Waals surface area contributed by atoms with E-state index in [0.717, 1.165) is 31.6 Å². The monoisotopic (exact) mass is 407 g/mol. The summed E-state index contributed by atoms with van der Waals surface area (Å²) in [6.07, 6.45) is 1.05. The lowest BCUT2D eigenvalue weighted by molar-refractivity contribution is -0.119. The molecule has 0 spiro atoms. The first-order valence-electron chi connectivity index (χ1n) is 10.8. The Balaban J connectivity index is 1.48. The zero-order valence-corrected chi connectivity index (χ0v) is 18.0. The van der Waals surface area contributed by atoms with Crippen LogP contribution in [0.25, 0.3) is 0 Å². The van der Waals surface area contributed by atoms with Gasteiger partial charge in [0.1, 0.15) is 6.54 Å². The molecule has 2 aromatic carbocycles. The van der Waals surface area contributed by atoms with Gasteiger partial charge in [-0.15, -0.1) is 0 Å². The van der Waals surface area contributed by atoms with Gasteiger partial charge < -0.3 is 16.0 Å². The van der Waals surface area contributed by atoms with Crippen molar-refractivity contribution in [2.45, 2.75) is 45.4 Å². The van der Waals surface area contributed by atoms with Crippen molar-refractivity contribution in [1.82, 2.24) is 20.9 Å². The number of aliphatic imine (C=N–C) groups is 1. The Kier molecular flexibility index (Phi) is 8.27. The number of guanidine groups is 1. The van der Waals surface area contributed by atoms with E-state index < -0.39 is 0 Å². The van der Waals surface area contributed by atoms with Crippen molar-refractivity contribution in [3.05, 3.63) is 71.8 Å². The fraction of sp³-hybridized carbons (Fsp3) is 0.417. The minimum atomic E-state index is -0.0819. The van der Waals surface area contributed by atoms with E-state index in [-0.39, 0.29) is 12.5 Å². The van der Waals surface area contributed by atoms with Gasteiger partial charge in [0.15, 0.2) is 5.96 Å². The molecule has 0 saturated carbocycles. The first kappa shape index (κ1) is 21.8. The average Bonchev–Trinajstić information content (AvgIpc) is 3.10. The number of amides is 1. The molecule has 30 heavy (non-hydrogen) atoms. The molecule has 1 heterocycles. The average molecular weight is 408 g/mol. The summed E-state index contributed by atoms with van der Waals surface area (Å²) in [4.78, 5) is 19.2. The van der Waals surface area contributed by atoms with Gasteiger partial charge in [-0.2, -0.15) is 0 Å². The molecule has 3 N–H and O–H groups in total. The number of likely N-dealkylation sites (tertiary alicyclic amines) is 1. The predicted molar refractivity (Wildman–Crippen MR) is 122 cm³/mol. The molecular weight excluding hydrogens is 374 g/mol. The van der Waals surface area contributed by atoms with Gasteiger partial charge in [-0.05, 0) is 31.4 Å². The van der Waals surface area contributed by atoms with Gasteiger partial charge in [0.25, 0.3) is 0 Å². The molecule has 6 heteroatoms. The van der Waals surface area contributed by atoms with Crippen LogP contribution in [-0.2, 0) is 17.9 Å². The Hall–Kier alpha value is -2.86. The van der Waals surface area contributed by atoms with Crippen LogP contribution >= 0.6 is 0 Å². The van der Waals surface area contributed by atoms with Crippen molar-refractivity contribution in [3.8, 4) is 0 Å². The highest BCUT2D eigenvalue weighted by Gasteiger charge is 2.29. The van der Waals surface area contributed by atoms with Gasteiger partial charge >= 0.3 is 0 Å². The van der Waals surface area contributed by atoms with E-state index in [1.54, 1.807) is 0 Å². The predicted octanol–water partition coefficient (Wildman–Crippen LogP) is 2.52. The summed E-state index contributed by atoms with van der Waals surface area (Å²) in [6, 6.07) is 21.3. The van der Waals surface area contributed by atoms with Crippen LogP contribution < -0.4 is 16.0 Å². The number of hydrogen-bond acceptors (Lipinski definition) is 3. The molecule has 2 unspecified atom stereocenters. The largest absolute Gasteiger partial charge is 0.357 e. The molecule has 160 valence electrons. The van der Waals surface area contributed by atoms with Crippen LogP contribution in [0.5, 0.6) is 0 Å². The fourth-order valence-corrected chi connectivity index (χ4v) is 3.76. The maximum absolute atomic E-state index is 12.2. The first-order valence-corrected chi connectivity index (χ1v) is 10.8. The van der Waals surface area contributed by atoms with Crippen LogP contribution in [0.15, 0.2) is 65.7 Å². The molecule has 0 bridgehead atoms. The summed E-state index contributed by atoms with van der Waals surface area (Å²) >= 11 is 0. The molecule has 0 aromatic heterocycles. The maximum atomic E-state index is 12.2. The lowest BCUT2D eigenvalue weighted by atomic mass is 10.2. The minimum absolute atomic E-state index is 0.0819. The van der Waals surface area contributed by atoms with E-state index >= 15 is 0 Å². The fourth-order valence-electron chi connectivity index (χ4n) is 3.76. The summed E-state index contributed by atoms with van der Waals surface area (Å²) < 4.78 is 0. The lowest BCUT2D eigenvalue weighted by Crippen LogP contribution is -2.45. The summed E-state index contributed by atoms with van der Waals surface area (Å²) in [5, 5.41) is 9.69. The van der Waals surface area contributed by atoms with E-state index in [9.17, 15) is 4.79 Å². The van der Waals surface area contributed by atoms with Crippen LogP contribution in [0.4, 0.5) is 0 Å². The Morgan fingerprint density at radius 1 is 1.03 bits per heavy atom. The molecule has 1 aliphatic rings. The second-order valence-corrected chi connectivity index (χ2v) is 7.80. The van der Waals surface area contributed by atoms with Crippen LogP contribution in [0.3, 0.4) is 0 Å². The quantitative estimate of drug-likeness (QED) is 0.465. The zero-order valence-electron chi connectivity index (χ0n) is 18.0. The normalized spacial score (nSPS) is 19.5. The maximum Gasteiger partial charge on any atom is 0.242 e. The highest BCUT2D eigenvalue weighted by Crippen LogP contribution is 2.20. The van der Waals surface area contributed by atoms with Gasteiger partial charge in [-0.3, -0.25) is 9.69 Å². The minimum Gasteiger partial charge on any atom is -0.357 e. The lowest BCUT2D eigenvalue weighted by Gasteiger charge is -2.21. The zero-order chi connectivity index (χ0) is 21.2. The number of carbonyl (C=O) groups is 1. The summed E-state index contributed by atoms with van der Waals surface area (Å²) in [5.74, 6) is 0.618. The first-order chi connectivity index (χ1) is 14.6. The SMILES string of the molecule is CCNC(=NCC(=O)NCc1ccccc1)NC1CC(C)N(Cc2ccccc2)C1. The van der Waals surface area contributed by atoms with Crippen molar-refractivity contribution in [2.24, 2.45) is 4.99 Å². The number of nitrogens with one attached hydrogen (secondary N) is 3. The van der Waals surface area contributed by atoms with Gasteiger partial charge in [0.05, 0.1) is 0 Å². The molecule has 3 rings (SSSR count). The third kappa shape index (κ3) is 6.88. The topological polar surface area (TPSA) is 68.8 Å². The molecule has 1 fully saturated rings. The summed E-state index contributed by atoms with van der Waals surface area (Å²) in [6.45, 7) is 7.60. The molecule has 1 saturated heterocycles. The van der Waals surface area contributed by atoms with E-state index in [1.807, 2.05) is 37.3 Å². The van der Waals surface area contributed by atoms with Crippen molar-refractivity contribution < 1.29 is 4.79 Å². The van der Waals surface area contributed by atoms with Crippen molar-refractivity contribution in [2.75, 3.05) is 19.6 Å². The van der Waals surface area contributed by atoms with E-state index in [2.05, 4.69) is 63.1 Å². The van der Waals surface area contributed by atoms with E-state index in [1.165, 1.54) is 5.56 Å². The van der Waals surface area contributed by atoms with Crippen molar-refractivity contribution in [1.29, 1.82) is 0 Å². The number of carbonyl (C=O) groups excluding carboxylic acids is 1. The van der Waals surface area contributed by atoms with Crippen molar-refractivity contribution in [3.63, 3.8) is 0 Å². The third-order valence-corrected chi connectivity index (χ3v) is 5.33. The summed E-state index contributed by atoms with van der Waals surface area (Å²) in [7, 11) is 0. The highest BCUT2D eigenvalue weighted by molar-refractivity contribution is 5.85. The third-order valence-electron chi connectivity index (χ3n) is 5.33. The van der Waals surface area contributed by atoms with Gasteiger partial charge in [0.2, 0.25) is 5.91 Å². The standard InChI is InChI=1S/C24H33N5O/c1-3-25-24(27-16-23(30)26-15-20-10-6-4-7-11-20)28-22-14-19(2)29(18-22)17-21-12-8-5-9-13-21/h4-13,19,22H,3,14-18H2,1-2H3,(H,26,30)(H2,25,27,28). The molecule has 6 nitrogen and oxygen atoms in total. The summed E-state index contributed by atoms with van der Waals surface area (Å²) in [5.41, 5.74) is 2.42. The second-order valence-electron chi connectivity index (χ2n) is 7.80. The molecule has 2 atom stereocenters. The molecule has 0 radical (unpaired) electrons. The Bertz CT molecular complexity index is 809. The molecule has 2 aromatic rings. The Labute approximate surface area is 179 Å². The van der Waals surface area contributed by atoms with Crippen LogP contribution in [0, 0.1) is 0 Å². The van der Waals surface area contributed by atoms with Crippen LogP contribution in [0.2, 0.25) is 0 Å². The van der Waals surface area contributed by atoms with E-state index in [0.29, 0.717) is 24.6 Å². The number of nitrogens with zero attached hydrogens (tertiary/aromatic N) is 2. The smallest absolute Gasteiger partial charge is 0.242 e. The highest BCUT2D eigenvalue weighted by atomic mass is 16.1. The molecule has 0 aliphatic carbocycles. The van der Waals surface area contributed by atoms with E-state index in [4.69, 9.17) is 0 Å². The molecule has 1 aliphatic heterocycles. The molecular formula is C24H33N5O. The van der Waals surface area contributed by atoms with Gasteiger partial charge in [-0.25, -0.2) is 4.99 Å². The van der Waals surface area contributed by atoms with Gasteiger partial charge in [-0.1, -0.05) is 60.7 Å². The molecule has 1 amide bonds. The van der Waals surface area contributed by atoms with Gasteiger partial charge in [0, 0.05) is 38.3 Å². The Morgan fingerprint density at radius 3 is 2.37 bits per heavy atom. The van der Waals surface area contributed by atoms with Crippen LogP contribution in [0.1, 0.15) is 31.4 Å². The number of benzene rings is 2. The van der Waals surface area contributed by atoms with Crippen LogP contribution in [-0.4, -0.2) is 48.5 Å². The second kappa shape index (κ2) is 11.4. The van der Waals surface area contributed by atoms with Crippen molar-refractivity contribution >= 4 is 11.9 Å². The number of rotatable bonds is 8.